The summed E-state index contributed by atoms with van der Waals surface area (Å²) in [6.07, 6.45) is 1.97. The van der Waals surface area contributed by atoms with E-state index in [0.29, 0.717) is 12.8 Å². The van der Waals surface area contributed by atoms with Gasteiger partial charge in [-0.3, -0.25) is 0 Å². The van der Waals surface area contributed by atoms with Crippen molar-refractivity contribution < 1.29 is 21.6 Å². The van der Waals surface area contributed by atoms with Crippen molar-refractivity contribution in [2.24, 2.45) is 10.9 Å². The molecule has 0 saturated carbocycles. The van der Waals surface area contributed by atoms with Gasteiger partial charge in [0, 0.05) is 0 Å². The molecule has 0 heterocycles. The van der Waals surface area contributed by atoms with Crippen LogP contribution in [0.4, 0.5) is 10.5 Å². The number of carbonyl (C=O) groups is 1. The van der Waals surface area contributed by atoms with Gasteiger partial charge in [0.25, 0.3) is 0 Å². The van der Waals surface area contributed by atoms with Crippen molar-refractivity contribution in [3.63, 3.8) is 0 Å². The Bertz CT molecular complexity index is 757. The van der Waals surface area contributed by atoms with Crippen LogP contribution >= 0.6 is 0 Å². The number of rotatable bonds is 7. The molecule has 0 atom stereocenters. The van der Waals surface area contributed by atoms with Gasteiger partial charge in [0.05, 0.1) is 16.3 Å². The number of hydrogen-bond donors (Lipinski definition) is 3. The van der Waals surface area contributed by atoms with Crippen molar-refractivity contribution in [1.29, 1.82) is 0 Å². The fourth-order valence-electron chi connectivity index (χ4n) is 1.91. The first-order valence-corrected chi connectivity index (χ1v) is 9.74. The normalized spacial score (nSPS) is 12.1. The van der Waals surface area contributed by atoms with Gasteiger partial charge in [-0.25, -0.2) is 26.8 Å². The number of anilines is 1. The van der Waals surface area contributed by atoms with E-state index in [1.54, 1.807) is 0 Å². The maximum absolute atomic E-state index is 12.4. The first kappa shape index (κ1) is 18.4. The van der Waals surface area contributed by atoms with Gasteiger partial charge < -0.3 is 11.1 Å². The number of primary amides is 1. The number of sulfone groups is 1. The van der Waals surface area contributed by atoms with Crippen LogP contribution in [-0.4, -0.2) is 28.6 Å². The molecule has 0 aliphatic heterocycles. The lowest BCUT2D eigenvalue weighted by Crippen LogP contribution is -2.25. The maximum atomic E-state index is 12.4. The third kappa shape index (κ3) is 4.68. The van der Waals surface area contributed by atoms with Crippen molar-refractivity contribution in [3.05, 3.63) is 18.2 Å². The molecule has 0 unspecified atom stereocenters. The standard InChI is InChI=1S/C12H19N3O5S2/c1-2-3-4-8-21(17,18)9-6-5-7-10(22(14,19)20)11(9)15-12(13)16/h5-7H,2-4,8H2,1H3,(H3,13,15,16)(H2,14,19,20). The molecule has 22 heavy (non-hydrogen) atoms. The second-order valence-electron chi connectivity index (χ2n) is 4.69. The van der Waals surface area contributed by atoms with Gasteiger partial charge in [-0.2, -0.15) is 0 Å². The van der Waals surface area contributed by atoms with Gasteiger partial charge in [0.2, 0.25) is 10.0 Å². The van der Waals surface area contributed by atoms with Gasteiger partial charge in [0.15, 0.2) is 9.84 Å². The molecule has 5 N–H and O–H groups in total. The minimum atomic E-state index is -4.22. The van der Waals surface area contributed by atoms with Crippen LogP contribution in [0.5, 0.6) is 0 Å². The minimum Gasteiger partial charge on any atom is -0.351 e. The molecular formula is C12H19N3O5S2. The summed E-state index contributed by atoms with van der Waals surface area (Å²) in [5.74, 6) is -0.164. The molecule has 10 heteroatoms. The van der Waals surface area contributed by atoms with Crippen LogP contribution in [0.2, 0.25) is 0 Å². The van der Waals surface area contributed by atoms with E-state index in [-0.39, 0.29) is 10.6 Å². The van der Waals surface area contributed by atoms with Crippen LogP contribution in [0.15, 0.2) is 28.0 Å². The average molecular weight is 349 g/mol. The van der Waals surface area contributed by atoms with Crippen molar-refractivity contribution in [1.82, 2.24) is 0 Å². The quantitative estimate of drug-likeness (QED) is 0.622. The Kier molecular flexibility index (Phi) is 5.92. The SMILES string of the molecule is CCCCCS(=O)(=O)c1cccc(S(N)(=O)=O)c1NC(N)=O. The summed E-state index contributed by atoms with van der Waals surface area (Å²) < 4.78 is 47.9. The highest BCUT2D eigenvalue weighted by molar-refractivity contribution is 7.92. The van der Waals surface area contributed by atoms with E-state index in [4.69, 9.17) is 10.9 Å². The number of para-hydroxylation sites is 1. The number of carbonyl (C=O) groups excluding carboxylic acids is 1. The van der Waals surface area contributed by atoms with Gasteiger partial charge >= 0.3 is 6.03 Å². The maximum Gasteiger partial charge on any atom is 0.316 e. The zero-order chi connectivity index (χ0) is 17.0. The molecule has 0 bridgehead atoms. The topological polar surface area (TPSA) is 149 Å². The second-order valence-corrected chi connectivity index (χ2v) is 8.30. The Balaban J connectivity index is 3.44. The molecule has 0 aliphatic rings. The molecule has 1 aromatic rings. The lowest BCUT2D eigenvalue weighted by molar-refractivity contribution is 0.259. The molecule has 0 radical (unpaired) electrons. The number of nitrogens with two attached hydrogens (primary N) is 2. The van der Waals surface area contributed by atoms with Crippen LogP contribution in [-0.2, 0) is 19.9 Å². The number of primary sulfonamides is 1. The number of sulfonamides is 1. The molecule has 1 rings (SSSR count). The summed E-state index contributed by atoms with van der Waals surface area (Å²) in [5, 5.41) is 7.10. The summed E-state index contributed by atoms with van der Waals surface area (Å²) in [5.41, 5.74) is 4.58. The molecule has 0 aromatic heterocycles. The van der Waals surface area contributed by atoms with E-state index in [1.165, 1.54) is 12.1 Å². The van der Waals surface area contributed by atoms with Gasteiger partial charge in [-0.15, -0.1) is 0 Å². The Morgan fingerprint density at radius 3 is 2.23 bits per heavy atom. The van der Waals surface area contributed by atoms with Crippen LogP contribution in [0.1, 0.15) is 26.2 Å². The third-order valence-corrected chi connectivity index (χ3v) is 5.68. The summed E-state index contributed by atoms with van der Waals surface area (Å²) in [6.45, 7) is 1.92. The molecule has 124 valence electrons. The smallest absolute Gasteiger partial charge is 0.316 e. The Hall–Kier alpha value is -1.65. The number of benzene rings is 1. The predicted octanol–water partition coefficient (Wildman–Crippen LogP) is 0.788. The molecule has 0 spiro atoms. The summed E-state index contributed by atoms with van der Waals surface area (Å²) >= 11 is 0. The fourth-order valence-corrected chi connectivity index (χ4v) is 4.25. The lowest BCUT2D eigenvalue weighted by Gasteiger charge is -2.14. The minimum absolute atomic E-state index is 0.164. The first-order valence-electron chi connectivity index (χ1n) is 6.54. The van der Waals surface area contributed by atoms with Crippen molar-refractivity contribution in [2.45, 2.75) is 36.0 Å². The predicted molar refractivity (Wildman–Crippen MR) is 82.6 cm³/mol. The fraction of sp³-hybridized carbons (Fsp3) is 0.417. The summed E-state index contributed by atoms with van der Waals surface area (Å²) in [6, 6.07) is 2.48. The Labute approximate surface area is 129 Å². The second kappa shape index (κ2) is 7.07. The van der Waals surface area contributed by atoms with Gasteiger partial charge in [0.1, 0.15) is 4.90 Å². The summed E-state index contributed by atoms with van der Waals surface area (Å²) in [7, 11) is -8.00. The van der Waals surface area contributed by atoms with Crippen LogP contribution in [0, 0.1) is 0 Å². The zero-order valence-electron chi connectivity index (χ0n) is 12.1. The number of hydrogen-bond acceptors (Lipinski definition) is 5. The number of amides is 2. The van der Waals surface area contributed by atoms with E-state index < -0.39 is 36.5 Å². The monoisotopic (exact) mass is 349 g/mol. The van der Waals surface area contributed by atoms with Crippen molar-refractivity contribution in [3.8, 4) is 0 Å². The van der Waals surface area contributed by atoms with Crippen LogP contribution in [0.3, 0.4) is 0 Å². The molecule has 1 aromatic carbocycles. The third-order valence-electron chi connectivity index (χ3n) is 2.89. The highest BCUT2D eigenvalue weighted by Gasteiger charge is 2.25. The largest absolute Gasteiger partial charge is 0.351 e. The molecule has 2 amide bonds. The van der Waals surface area contributed by atoms with E-state index in [9.17, 15) is 21.6 Å². The highest BCUT2D eigenvalue weighted by Crippen LogP contribution is 2.29. The first-order chi connectivity index (χ1) is 10.1. The lowest BCUT2D eigenvalue weighted by atomic mass is 10.3. The van der Waals surface area contributed by atoms with E-state index in [0.717, 1.165) is 12.5 Å². The van der Waals surface area contributed by atoms with Crippen molar-refractivity contribution in [2.75, 3.05) is 11.1 Å². The average Bonchev–Trinajstić information content (AvgIpc) is 2.36. The zero-order valence-corrected chi connectivity index (χ0v) is 13.7. The van der Waals surface area contributed by atoms with Crippen LogP contribution in [0.25, 0.3) is 0 Å². The summed E-state index contributed by atoms with van der Waals surface area (Å²) in [4.78, 5) is 10.3. The molecular weight excluding hydrogens is 330 g/mol. The van der Waals surface area contributed by atoms with Gasteiger partial charge in [-0.1, -0.05) is 25.8 Å². The highest BCUT2D eigenvalue weighted by atomic mass is 32.2. The van der Waals surface area contributed by atoms with Crippen molar-refractivity contribution >= 4 is 31.6 Å². The Morgan fingerprint density at radius 1 is 1.14 bits per heavy atom. The molecule has 0 aliphatic carbocycles. The molecule has 8 nitrogen and oxygen atoms in total. The van der Waals surface area contributed by atoms with Gasteiger partial charge in [-0.05, 0) is 18.6 Å². The van der Waals surface area contributed by atoms with Crippen LogP contribution < -0.4 is 16.2 Å². The number of unbranched alkanes of at least 4 members (excludes halogenated alkanes) is 2. The number of urea groups is 1. The molecule has 0 saturated heterocycles. The Morgan fingerprint density at radius 2 is 1.73 bits per heavy atom. The molecule has 0 fully saturated rings. The van der Waals surface area contributed by atoms with E-state index in [2.05, 4.69) is 0 Å². The number of nitrogens with one attached hydrogen (secondary N) is 1. The van der Waals surface area contributed by atoms with E-state index >= 15 is 0 Å². The van der Waals surface area contributed by atoms with E-state index in [1.807, 2.05) is 12.2 Å².